The quantitative estimate of drug-likeness (QED) is 0.412. The number of nitrogens with zero attached hydrogens (tertiary/aromatic N) is 3. The zero-order valence-corrected chi connectivity index (χ0v) is 14.8. The Morgan fingerprint density at radius 1 is 1.20 bits per heavy atom. The molecule has 1 N–H and O–H groups in total. The topological polar surface area (TPSA) is 89.9 Å². The van der Waals surface area contributed by atoms with Crippen molar-refractivity contribution < 1.29 is 4.74 Å². The fraction of sp³-hybridized carbons (Fsp3) is 0.294. The molecule has 0 atom stereocenters. The molecule has 0 saturated carbocycles. The molecule has 130 valence electrons. The van der Waals surface area contributed by atoms with Crippen molar-refractivity contribution in [1.29, 1.82) is 0 Å². The summed E-state index contributed by atoms with van der Waals surface area (Å²) in [4.78, 5) is 35.8. The minimum absolute atomic E-state index is 0.248. The lowest BCUT2D eigenvalue weighted by atomic mass is 10.2. The van der Waals surface area contributed by atoms with Crippen molar-refractivity contribution >= 4 is 22.9 Å². The van der Waals surface area contributed by atoms with Crippen molar-refractivity contribution in [3.05, 3.63) is 56.6 Å². The van der Waals surface area contributed by atoms with Crippen LogP contribution in [0.2, 0.25) is 0 Å². The summed E-state index contributed by atoms with van der Waals surface area (Å²) < 4.78 is 6.66. The maximum atomic E-state index is 12.4. The normalized spacial score (nSPS) is 11.0. The Labute approximate surface area is 148 Å². The van der Waals surface area contributed by atoms with Crippen molar-refractivity contribution in [3.63, 3.8) is 0 Å². The number of hydrogen-bond acceptors (Lipinski definition) is 6. The molecule has 2 heterocycles. The van der Waals surface area contributed by atoms with Gasteiger partial charge in [0.2, 0.25) is 5.88 Å². The summed E-state index contributed by atoms with van der Waals surface area (Å²) in [7, 11) is 1.47. The molecular weight excluding hydrogens is 340 g/mol. The number of aromatic amines is 1. The molecule has 0 unspecified atom stereocenters. The van der Waals surface area contributed by atoms with Crippen molar-refractivity contribution in [2.45, 2.75) is 25.0 Å². The maximum absolute atomic E-state index is 12.4. The van der Waals surface area contributed by atoms with Gasteiger partial charge in [-0.05, 0) is 12.0 Å². The summed E-state index contributed by atoms with van der Waals surface area (Å²) >= 11 is 1.48. The van der Waals surface area contributed by atoms with Crippen LogP contribution in [0.5, 0.6) is 5.88 Å². The minimum Gasteiger partial charge on any atom is -0.479 e. The lowest BCUT2D eigenvalue weighted by molar-refractivity contribution is 0.397. The van der Waals surface area contributed by atoms with Crippen LogP contribution < -0.4 is 15.9 Å². The Balaban J connectivity index is 2.23. The molecule has 0 aliphatic rings. The van der Waals surface area contributed by atoms with E-state index in [9.17, 15) is 9.59 Å². The van der Waals surface area contributed by atoms with Gasteiger partial charge in [0.15, 0.2) is 10.8 Å². The smallest absolute Gasteiger partial charge is 0.318 e. The van der Waals surface area contributed by atoms with Gasteiger partial charge in [-0.1, -0.05) is 49.0 Å². The third kappa shape index (κ3) is 3.58. The van der Waals surface area contributed by atoms with E-state index in [1.807, 2.05) is 30.3 Å². The summed E-state index contributed by atoms with van der Waals surface area (Å²) in [5, 5.41) is 0.513. The highest BCUT2D eigenvalue weighted by atomic mass is 32.2. The molecule has 2 aromatic heterocycles. The second-order valence-corrected chi connectivity index (χ2v) is 6.46. The highest BCUT2D eigenvalue weighted by Crippen LogP contribution is 2.23. The van der Waals surface area contributed by atoms with E-state index in [1.165, 1.54) is 23.4 Å². The molecule has 0 amide bonds. The van der Waals surface area contributed by atoms with Crippen LogP contribution in [-0.2, 0) is 6.54 Å². The molecule has 0 aliphatic carbocycles. The molecule has 1 aromatic carbocycles. The van der Waals surface area contributed by atoms with Crippen LogP contribution in [0.25, 0.3) is 11.2 Å². The van der Waals surface area contributed by atoms with E-state index in [1.54, 1.807) is 0 Å². The molecule has 3 aromatic rings. The second kappa shape index (κ2) is 7.52. The summed E-state index contributed by atoms with van der Waals surface area (Å²) in [5.41, 5.74) is 0.211. The first-order chi connectivity index (χ1) is 12.1. The summed E-state index contributed by atoms with van der Waals surface area (Å²) in [6.07, 6.45) is 0.969. The van der Waals surface area contributed by atoms with E-state index in [0.717, 1.165) is 17.7 Å². The van der Waals surface area contributed by atoms with Crippen molar-refractivity contribution in [1.82, 2.24) is 19.5 Å². The van der Waals surface area contributed by atoms with Gasteiger partial charge in [0.25, 0.3) is 0 Å². The Morgan fingerprint density at radius 3 is 2.64 bits per heavy atom. The average Bonchev–Trinajstić information content (AvgIpc) is 2.64. The zero-order chi connectivity index (χ0) is 17.8. The highest BCUT2D eigenvalue weighted by molar-refractivity contribution is 7.99. The molecule has 7 nitrogen and oxygen atoms in total. The molecule has 0 aliphatic heterocycles. The number of ether oxygens (including phenoxy) is 1. The zero-order valence-electron chi connectivity index (χ0n) is 14.0. The van der Waals surface area contributed by atoms with Crippen molar-refractivity contribution in [3.8, 4) is 5.88 Å². The molecule has 0 fully saturated rings. The van der Waals surface area contributed by atoms with Crippen molar-refractivity contribution in [2.75, 3.05) is 12.9 Å². The molecule has 8 heteroatoms. The van der Waals surface area contributed by atoms with Crippen LogP contribution in [0.3, 0.4) is 0 Å². The van der Waals surface area contributed by atoms with Gasteiger partial charge >= 0.3 is 11.1 Å². The van der Waals surface area contributed by atoms with Gasteiger partial charge in [0.05, 0.1) is 13.7 Å². The molecule has 0 saturated heterocycles. The lowest BCUT2D eigenvalue weighted by Crippen LogP contribution is -2.37. The lowest BCUT2D eigenvalue weighted by Gasteiger charge is -2.12. The number of benzene rings is 1. The summed E-state index contributed by atoms with van der Waals surface area (Å²) in [6, 6.07) is 9.45. The van der Waals surface area contributed by atoms with Crippen LogP contribution in [0, 0.1) is 0 Å². The van der Waals surface area contributed by atoms with Gasteiger partial charge in [-0.2, -0.15) is 4.98 Å². The van der Waals surface area contributed by atoms with E-state index < -0.39 is 11.1 Å². The largest absolute Gasteiger partial charge is 0.479 e. The van der Waals surface area contributed by atoms with Crippen LogP contribution in [0.1, 0.15) is 18.9 Å². The van der Waals surface area contributed by atoms with Crippen LogP contribution in [0.4, 0.5) is 0 Å². The van der Waals surface area contributed by atoms with Crippen molar-refractivity contribution in [2.24, 2.45) is 0 Å². The first-order valence-corrected chi connectivity index (χ1v) is 8.88. The fourth-order valence-corrected chi connectivity index (χ4v) is 3.10. The summed E-state index contributed by atoms with van der Waals surface area (Å²) in [6.45, 7) is 2.31. The number of aromatic nitrogens is 4. The number of H-pyrrole nitrogens is 1. The third-order valence-electron chi connectivity index (χ3n) is 3.58. The maximum Gasteiger partial charge on any atom is 0.318 e. The predicted molar refractivity (Wildman–Crippen MR) is 97.5 cm³/mol. The van der Waals surface area contributed by atoms with Gasteiger partial charge in [0, 0.05) is 5.75 Å². The standard InChI is InChI=1S/C17H18N4O3S/c1-3-9-25-17-19-13-12(15(20-17)24-2)18-14(22)16(23)21(13)10-11-7-5-4-6-8-11/h4-8H,3,9-10H2,1-2H3,(H,18,22). The van der Waals surface area contributed by atoms with Crippen LogP contribution in [-0.4, -0.2) is 32.4 Å². The Hall–Kier alpha value is -2.61. The van der Waals surface area contributed by atoms with Gasteiger partial charge in [-0.15, -0.1) is 0 Å². The van der Waals surface area contributed by atoms with Gasteiger partial charge < -0.3 is 9.72 Å². The van der Waals surface area contributed by atoms with Crippen LogP contribution >= 0.6 is 11.8 Å². The Kier molecular flexibility index (Phi) is 5.18. The Morgan fingerprint density at radius 2 is 1.96 bits per heavy atom. The Bertz CT molecular complexity index is 998. The number of rotatable bonds is 6. The molecule has 25 heavy (non-hydrogen) atoms. The molecular formula is C17H18N4O3S. The minimum atomic E-state index is -0.723. The van der Waals surface area contributed by atoms with Crippen LogP contribution in [0.15, 0.2) is 45.1 Å². The monoisotopic (exact) mass is 358 g/mol. The SMILES string of the molecule is CCCSc1nc(OC)c2[nH]c(=O)c(=O)n(Cc3ccccc3)c2n1. The molecule has 3 rings (SSSR count). The molecule has 0 spiro atoms. The van der Waals surface area contributed by atoms with E-state index in [0.29, 0.717) is 16.3 Å². The predicted octanol–water partition coefficient (Wildman–Crippen LogP) is 2.04. The molecule has 0 radical (unpaired) electrons. The van der Waals surface area contributed by atoms with E-state index in [4.69, 9.17) is 4.74 Å². The first-order valence-electron chi connectivity index (χ1n) is 7.89. The number of hydrogen-bond donors (Lipinski definition) is 1. The van der Waals surface area contributed by atoms with Gasteiger partial charge in [-0.25, -0.2) is 4.98 Å². The summed E-state index contributed by atoms with van der Waals surface area (Å²) in [5.74, 6) is 1.10. The molecule has 0 bridgehead atoms. The second-order valence-electron chi connectivity index (χ2n) is 5.39. The van der Waals surface area contributed by atoms with Gasteiger partial charge in [0.1, 0.15) is 5.52 Å². The fourth-order valence-electron chi connectivity index (χ4n) is 2.42. The van der Waals surface area contributed by atoms with E-state index in [-0.39, 0.29) is 12.4 Å². The number of thioether (sulfide) groups is 1. The van der Waals surface area contributed by atoms with Gasteiger partial charge in [-0.3, -0.25) is 14.2 Å². The van der Waals surface area contributed by atoms with E-state index in [2.05, 4.69) is 21.9 Å². The number of nitrogens with one attached hydrogen (secondary N) is 1. The number of fused-ring (bicyclic) bond motifs is 1. The number of methoxy groups -OCH3 is 1. The third-order valence-corrected chi connectivity index (χ3v) is 4.64. The van der Waals surface area contributed by atoms with E-state index >= 15 is 0 Å². The highest BCUT2D eigenvalue weighted by Gasteiger charge is 2.16. The average molecular weight is 358 g/mol. The first kappa shape index (κ1) is 17.2.